The first-order valence-corrected chi connectivity index (χ1v) is 7.17. The van der Waals surface area contributed by atoms with Crippen LogP contribution in [0.15, 0.2) is 0 Å². The largest absolute Gasteiger partial charge is 0.391 e. The molecule has 0 aliphatic heterocycles. The zero-order chi connectivity index (χ0) is 9.99. The van der Waals surface area contributed by atoms with Gasteiger partial charge in [-0.25, -0.2) is 0 Å². The van der Waals surface area contributed by atoms with Crippen LogP contribution in [-0.4, -0.2) is 26.3 Å². The molecule has 0 rings (SSSR count). The van der Waals surface area contributed by atoms with Gasteiger partial charge in [-0.05, 0) is 18.1 Å². The molecule has 1 atom stereocenters. The van der Waals surface area contributed by atoms with Crippen LogP contribution in [0.4, 0.5) is 0 Å². The first kappa shape index (κ1) is 12.1. The van der Waals surface area contributed by atoms with Crippen LogP contribution >= 0.6 is 0 Å². The standard InChI is InChI=1S/C8H21NO2Si/c1-8(2,3)12(4,5)11-7(10)6-9/h7,10H,6,9H2,1-5H3. The van der Waals surface area contributed by atoms with Gasteiger partial charge in [0.05, 0.1) is 0 Å². The van der Waals surface area contributed by atoms with Crippen molar-refractivity contribution in [3.8, 4) is 0 Å². The highest BCUT2D eigenvalue weighted by Crippen LogP contribution is 2.36. The maximum Gasteiger partial charge on any atom is 0.195 e. The van der Waals surface area contributed by atoms with Gasteiger partial charge in [0.1, 0.15) is 0 Å². The Labute approximate surface area is 76.0 Å². The summed E-state index contributed by atoms with van der Waals surface area (Å²) in [5.74, 6) is 0. The van der Waals surface area contributed by atoms with Crippen LogP contribution < -0.4 is 5.73 Å². The smallest absolute Gasteiger partial charge is 0.195 e. The van der Waals surface area contributed by atoms with E-state index in [1.54, 1.807) is 0 Å². The van der Waals surface area contributed by atoms with E-state index in [1.807, 2.05) is 0 Å². The predicted octanol–water partition coefficient (Wildman–Crippen LogP) is 1.29. The van der Waals surface area contributed by atoms with E-state index in [4.69, 9.17) is 10.2 Å². The van der Waals surface area contributed by atoms with Crippen molar-refractivity contribution in [1.82, 2.24) is 0 Å². The Morgan fingerprint density at radius 1 is 1.42 bits per heavy atom. The van der Waals surface area contributed by atoms with Gasteiger partial charge < -0.3 is 15.3 Å². The molecular formula is C8H21NO2Si. The molecule has 0 aliphatic carbocycles. The minimum absolute atomic E-state index is 0.128. The lowest BCUT2D eigenvalue weighted by atomic mass is 10.2. The third kappa shape index (κ3) is 3.22. The molecular weight excluding hydrogens is 170 g/mol. The number of aliphatic hydroxyl groups excluding tert-OH is 1. The summed E-state index contributed by atoms with van der Waals surface area (Å²) in [7, 11) is -1.82. The maximum atomic E-state index is 9.24. The summed E-state index contributed by atoms with van der Waals surface area (Å²) in [5, 5.41) is 9.37. The van der Waals surface area contributed by atoms with Gasteiger partial charge in [-0.15, -0.1) is 0 Å². The van der Waals surface area contributed by atoms with Gasteiger partial charge in [-0.1, -0.05) is 20.8 Å². The average Bonchev–Trinajstić information content (AvgIpc) is 1.84. The lowest BCUT2D eigenvalue weighted by Crippen LogP contribution is -2.45. The van der Waals surface area contributed by atoms with Crippen LogP contribution in [0.3, 0.4) is 0 Å². The van der Waals surface area contributed by atoms with Gasteiger partial charge in [-0.3, -0.25) is 0 Å². The molecule has 12 heavy (non-hydrogen) atoms. The van der Waals surface area contributed by atoms with Gasteiger partial charge >= 0.3 is 0 Å². The normalized spacial score (nSPS) is 16.2. The zero-order valence-corrected chi connectivity index (χ0v) is 9.72. The summed E-state index contributed by atoms with van der Waals surface area (Å²) in [4.78, 5) is 0. The van der Waals surface area contributed by atoms with E-state index in [9.17, 15) is 5.11 Å². The average molecular weight is 191 g/mol. The molecule has 0 saturated heterocycles. The molecule has 0 spiro atoms. The maximum absolute atomic E-state index is 9.24. The summed E-state index contributed by atoms with van der Waals surface area (Å²) < 4.78 is 5.52. The van der Waals surface area contributed by atoms with Crippen molar-refractivity contribution in [3.05, 3.63) is 0 Å². The summed E-state index contributed by atoms with van der Waals surface area (Å²) in [6.07, 6.45) is -0.800. The molecule has 74 valence electrons. The fourth-order valence-electron chi connectivity index (χ4n) is 0.565. The minimum atomic E-state index is -1.82. The Kier molecular flexibility index (Phi) is 3.90. The van der Waals surface area contributed by atoms with Crippen LogP contribution in [0.25, 0.3) is 0 Å². The number of nitrogens with two attached hydrogens (primary N) is 1. The Hall–Kier alpha value is 0.0969. The monoisotopic (exact) mass is 191 g/mol. The van der Waals surface area contributed by atoms with Gasteiger partial charge in [0.2, 0.25) is 0 Å². The molecule has 0 fully saturated rings. The molecule has 3 N–H and O–H groups in total. The van der Waals surface area contributed by atoms with Crippen molar-refractivity contribution < 1.29 is 9.53 Å². The summed E-state index contributed by atoms with van der Waals surface area (Å²) >= 11 is 0. The SMILES string of the molecule is CC(C)(C)[Si](C)(C)OC(O)CN. The van der Waals surface area contributed by atoms with Crippen molar-refractivity contribution in [2.24, 2.45) is 5.73 Å². The fourth-order valence-corrected chi connectivity index (χ4v) is 1.69. The Morgan fingerprint density at radius 2 is 1.83 bits per heavy atom. The van der Waals surface area contributed by atoms with E-state index in [0.717, 1.165) is 0 Å². The molecule has 1 unspecified atom stereocenters. The highest BCUT2D eigenvalue weighted by Gasteiger charge is 2.38. The summed E-state index contributed by atoms with van der Waals surface area (Å²) in [5.41, 5.74) is 5.27. The van der Waals surface area contributed by atoms with Gasteiger partial charge in [0.15, 0.2) is 14.6 Å². The van der Waals surface area contributed by atoms with Crippen LogP contribution in [0.2, 0.25) is 18.1 Å². The predicted molar refractivity (Wildman–Crippen MR) is 53.3 cm³/mol. The second-order valence-electron chi connectivity index (χ2n) is 4.57. The van der Waals surface area contributed by atoms with Gasteiger partial charge in [-0.2, -0.15) is 0 Å². The number of rotatable bonds is 3. The molecule has 0 bridgehead atoms. The molecule has 0 aromatic carbocycles. The van der Waals surface area contributed by atoms with Crippen molar-refractivity contribution >= 4 is 8.32 Å². The highest BCUT2D eigenvalue weighted by atomic mass is 28.4. The minimum Gasteiger partial charge on any atom is -0.391 e. The molecule has 0 aromatic rings. The molecule has 0 amide bonds. The van der Waals surface area contributed by atoms with E-state index in [2.05, 4.69) is 33.9 Å². The molecule has 0 aliphatic rings. The highest BCUT2D eigenvalue weighted by molar-refractivity contribution is 6.74. The zero-order valence-electron chi connectivity index (χ0n) is 8.72. The quantitative estimate of drug-likeness (QED) is 0.522. The van der Waals surface area contributed by atoms with Crippen LogP contribution in [0.1, 0.15) is 20.8 Å². The van der Waals surface area contributed by atoms with Crippen LogP contribution in [0, 0.1) is 0 Å². The lowest BCUT2D eigenvalue weighted by molar-refractivity contribution is -0.0196. The van der Waals surface area contributed by atoms with E-state index >= 15 is 0 Å². The molecule has 0 radical (unpaired) electrons. The fraction of sp³-hybridized carbons (Fsp3) is 1.00. The van der Waals surface area contributed by atoms with E-state index in [-0.39, 0.29) is 11.6 Å². The second-order valence-corrected chi connectivity index (χ2v) is 9.32. The van der Waals surface area contributed by atoms with E-state index in [1.165, 1.54) is 0 Å². The van der Waals surface area contributed by atoms with Crippen molar-refractivity contribution in [2.45, 2.75) is 45.2 Å². The molecule has 0 saturated carbocycles. The first-order chi connectivity index (χ1) is 5.20. The van der Waals surface area contributed by atoms with Gasteiger partial charge in [0, 0.05) is 6.54 Å². The number of hydrogen-bond acceptors (Lipinski definition) is 3. The van der Waals surface area contributed by atoms with Crippen LogP contribution in [-0.2, 0) is 4.43 Å². The lowest BCUT2D eigenvalue weighted by Gasteiger charge is -2.37. The number of hydrogen-bond donors (Lipinski definition) is 2. The molecule has 3 nitrogen and oxygen atoms in total. The second kappa shape index (κ2) is 3.87. The first-order valence-electron chi connectivity index (χ1n) is 4.26. The summed E-state index contributed by atoms with van der Waals surface area (Å²) in [6.45, 7) is 10.7. The Balaban J connectivity index is 4.22. The molecule has 0 heterocycles. The van der Waals surface area contributed by atoms with E-state index in [0.29, 0.717) is 0 Å². The van der Waals surface area contributed by atoms with Crippen molar-refractivity contribution in [3.63, 3.8) is 0 Å². The van der Waals surface area contributed by atoms with Crippen molar-refractivity contribution in [2.75, 3.05) is 6.54 Å². The van der Waals surface area contributed by atoms with Crippen molar-refractivity contribution in [1.29, 1.82) is 0 Å². The topological polar surface area (TPSA) is 55.5 Å². The van der Waals surface area contributed by atoms with Crippen LogP contribution in [0.5, 0.6) is 0 Å². The molecule has 4 heteroatoms. The van der Waals surface area contributed by atoms with Gasteiger partial charge in [0.25, 0.3) is 0 Å². The number of aliphatic hydroxyl groups is 1. The Morgan fingerprint density at radius 3 is 2.08 bits per heavy atom. The Bertz CT molecular complexity index is 142. The summed E-state index contributed by atoms with van der Waals surface area (Å²) in [6, 6.07) is 0. The third-order valence-electron chi connectivity index (χ3n) is 2.44. The third-order valence-corrected chi connectivity index (χ3v) is 6.91. The molecule has 0 aromatic heterocycles. The van der Waals surface area contributed by atoms with E-state index < -0.39 is 14.6 Å².